The molecule has 186 valence electrons. The molecule has 0 aromatic heterocycles. The summed E-state index contributed by atoms with van der Waals surface area (Å²) in [4.78, 5) is 15.4. The summed E-state index contributed by atoms with van der Waals surface area (Å²) in [7, 11) is -3.94. The molecule has 0 aliphatic rings. The minimum Gasteiger partial charge on any atom is -0.372 e. The fourth-order valence-electron chi connectivity index (χ4n) is 3.94. The largest absolute Gasteiger partial charge is 0.372 e. The van der Waals surface area contributed by atoms with Gasteiger partial charge in [-0.2, -0.15) is 0 Å². The number of carbonyl (C=O) groups is 1. The summed E-state index contributed by atoms with van der Waals surface area (Å²) >= 11 is 0. The molecule has 0 saturated heterocycles. The Labute approximate surface area is 209 Å². The van der Waals surface area contributed by atoms with Gasteiger partial charge in [0.2, 0.25) is 5.91 Å². The Hall–Kier alpha value is -3.32. The van der Waals surface area contributed by atoms with Gasteiger partial charge in [0.05, 0.1) is 10.6 Å². The molecule has 7 heteroatoms. The average molecular weight is 494 g/mol. The first-order valence-electron chi connectivity index (χ1n) is 11.9. The number of nitrogens with one attached hydrogen (secondary N) is 1. The predicted molar refractivity (Wildman–Crippen MR) is 143 cm³/mol. The Morgan fingerprint density at radius 2 is 1.49 bits per heavy atom. The van der Waals surface area contributed by atoms with Crippen molar-refractivity contribution in [3.05, 3.63) is 89.0 Å². The van der Waals surface area contributed by atoms with Crippen LogP contribution in [0.3, 0.4) is 0 Å². The molecule has 6 nitrogen and oxygen atoms in total. The lowest BCUT2D eigenvalue weighted by atomic mass is 10.1. The van der Waals surface area contributed by atoms with Gasteiger partial charge in [0.1, 0.15) is 6.54 Å². The molecule has 35 heavy (non-hydrogen) atoms. The maximum Gasteiger partial charge on any atom is 0.264 e. The van der Waals surface area contributed by atoms with Crippen LogP contribution in [0.5, 0.6) is 0 Å². The molecule has 0 spiro atoms. The molecule has 0 unspecified atom stereocenters. The van der Waals surface area contributed by atoms with E-state index >= 15 is 0 Å². The number of rotatable bonds is 10. The first-order chi connectivity index (χ1) is 16.7. The zero-order valence-corrected chi connectivity index (χ0v) is 22.0. The average Bonchev–Trinajstić information content (AvgIpc) is 2.85. The zero-order chi connectivity index (χ0) is 25.6. The summed E-state index contributed by atoms with van der Waals surface area (Å²) in [6.07, 6.45) is 0. The van der Waals surface area contributed by atoms with Gasteiger partial charge in [-0.3, -0.25) is 9.10 Å². The fourth-order valence-corrected chi connectivity index (χ4v) is 5.42. The number of sulfonamides is 1. The molecule has 3 rings (SSSR count). The quantitative estimate of drug-likeness (QED) is 0.433. The third-order valence-corrected chi connectivity index (χ3v) is 8.07. The van der Waals surface area contributed by atoms with Crippen LogP contribution in [0.1, 0.15) is 36.1 Å². The van der Waals surface area contributed by atoms with Gasteiger partial charge < -0.3 is 10.2 Å². The molecule has 1 N–H and O–H groups in total. The normalized spacial score (nSPS) is 11.2. The van der Waals surface area contributed by atoms with Gasteiger partial charge in [-0.25, -0.2) is 8.42 Å². The highest BCUT2D eigenvalue weighted by molar-refractivity contribution is 7.92. The number of amides is 1. The monoisotopic (exact) mass is 493 g/mol. The smallest absolute Gasteiger partial charge is 0.264 e. The highest BCUT2D eigenvalue weighted by Gasteiger charge is 2.28. The SMILES string of the molecule is CCN(CC)c1ccc(CNC(=O)CN(c2cccc(C)c2C)S(=O)(=O)c2ccc(C)cc2)cc1. The van der Waals surface area contributed by atoms with E-state index in [0.717, 1.165) is 41.0 Å². The van der Waals surface area contributed by atoms with Crippen molar-refractivity contribution in [1.82, 2.24) is 5.32 Å². The third kappa shape index (κ3) is 6.22. The molecule has 0 fully saturated rings. The minimum atomic E-state index is -3.94. The van der Waals surface area contributed by atoms with Crippen LogP contribution in [0.25, 0.3) is 0 Å². The van der Waals surface area contributed by atoms with Crippen LogP contribution in [0.15, 0.2) is 71.6 Å². The van der Waals surface area contributed by atoms with Crippen molar-refractivity contribution in [3.63, 3.8) is 0 Å². The summed E-state index contributed by atoms with van der Waals surface area (Å²) < 4.78 is 28.4. The Balaban J connectivity index is 1.82. The summed E-state index contributed by atoms with van der Waals surface area (Å²) in [5.41, 5.74) is 5.34. The highest BCUT2D eigenvalue weighted by atomic mass is 32.2. The van der Waals surface area contributed by atoms with Crippen molar-refractivity contribution in [2.45, 2.75) is 46.1 Å². The molecule has 3 aromatic rings. The second kappa shape index (κ2) is 11.4. The van der Waals surface area contributed by atoms with E-state index in [0.29, 0.717) is 12.2 Å². The predicted octanol–water partition coefficient (Wildman–Crippen LogP) is 4.97. The Kier molecular flexibility index (Phi) is 8.57. The van der Waals surface area contributed by atoms with Crippen molar-refractivity contribution in [3.8, 4) is 0 Å². The number of benzene rings is 3. The van der Waals surface area contributed by atoms with E-state index in [1.807, 2.05) is 57.2 Å². The van der Waals surface area contributed by atoms with E-state index in [1.54, 1.807) is 30.3 Å². The minimum absolute atomic E-state index is 0.156. The molecule has 3 aromatic carbocycles. The number of hydrogen-bond acceptors (Lipinski definition) is 4. The van der Waals surface area contributed by atoms with Gasteiger partial charge in [0.25, 0.3) is 10.0 Å². The fraction of sp³-hybridized carbons (Fsp3) is 0.321. The molecule has 0 atom stereocenters. The number of carbonyl (C=O) groups excluding carboxylic acids is 1. The number of hydrogen-bond donors (Lipinski definition) is 1. The van der Waals surface area contributed by atoms with Crippen LogP contribution in [-0.2, 0) is 21.4 Å². The van der Waals surface area contributed by atoms with Crippen molar-refractivity contribution in [2.24, 2.45) is 0 Å². The Morgan fingerprint density at radius 3 is 2.09 bits per heavy atom. The van der Waals surface area contributed by atoms with Gasteiger partial charge in [0.15, 0.2) is 0 Å². The number of aryl methyl sites for hydroxylation is 2. The standard InChI is InChI=1S/C28H35N3O3S/c1-6-30(7-2)25-15-13-24(14-16-25)19-29-28(32)20-31(27-10-8-9-22(4)23(27)5)35(33,34)26-17-11-21(3)12-18-26/h8-18H,6-7,19-20H2,1-5H3,(H,29,32). The van der Waals surface area contributed by atoms with Gasteiger partial charge in [-0.15, -0.1) is 0 Å². The second-order valence-corrected chi connectivity index (χ2v) is 10.5. The molecule has 0 heterocycles. The summed E-state index contributed by atoms with van der Waals surface area (Å²) in [6.45, 7) is 11.8. The van der Waals surface area contributed by atoms with Crippen LogP contribution >= 0.6 is 0 Å². The van der Waals surface area contributed by atoms with Crippen LogP contribution in [-0.4, -0.2) is 34.0 Å². The molecule has 0 bridgehead atoms. The van der Waals surface area contributed by atoms with Crippen LogP contribution in [0.4, 0.5) is 11.4 Å². The first kappa shape index (κ1) is 26.3. The maximum atomic E-state index is 13.6. The third-order valence-electron chi connectivity index (χ3n) is 6.30. The molecular formula is C28H35N3O3S. The van der Waals surface area contributed by atoms with E-state index in [-0.39, 0.29) is 17.3 Å². The van der Waals surface area contributed by atoms with Crippen molar-refractivity contribution < 1.29 is 13.2 Å². The molecular weight excluding hydrogens is 458 g/mol. The summed E-state index contributed by atoms with van der Waals surface area (Å²) in [5, 5.41) is 2.88. The summed E-state index contributed by atoms with van der Waals surface area (Å²) in [5.74, 6) is -0.366. The van der Waals surface area contributed by atoms with E-state index in [1.165, 1.54) is 4.31 Å². The van der Waals surface area contributed by atoms with Crippen LogP contribution < -0.4 is 14.5 Å². The molecule has 1 amide bonds. The van der Waals surface area contributed by atoms with Gasteiger partial charge >= 0.3 is 0 Å². The van der Waals surface area contributed by atoms with Gasteiger partial charge in [-0.1, -0.05) is 42.0 Å². The van der Waals surface area contributed by atoms with Crippen LogP contribution in [0, 0.1) is 20.8 Å². The maximum absolute atomic E-state index is 13.6. The van der Waals surface area contributed by atoms with Crippen molar-refractivity contribution in [1.29, 1.82) is 0 Å². The van der Waals surface area contributed by atoms with E-state index in [2.05, 4.69) is 24.1 Å². The zero-order valence-electron chi connectivity index (χ0n) is 21.2. The number of nitrogens with zero attached hydrogens (tertiary/aromatic N) is 2. The van der Waals surface area contributed by atoms with Crippen molar-refractivity contribution >= 4 is 27.3 Å². The topological polar surface area (TPSA) is 69.7 Å². The van der Waals surface area contributed by atoms with E-state index in [4.69, 9.17) is 0 Å². The Morgan fingerprint density at radius 1 is 0.857 bits per heavy atom. The molecule has 0 aliphatic heterocycles. The lowest BCUT2D eigenvalue weighted by Crippen LogP contribution is -2.41. The van der Waals surface area contributed by atoms with Crippen LogP contribution in [0.2, 0.25) is 0 Å². The number of anilines is 2. The first-order valence-corrected chi connectivity index (χ1v) is 13.4. The Bertz CT molecular complexity index is 1250. The molecule has 0 radical (unpaired) electrons. The lowest BCUT2D eigenvalue weighted by Gasteiger charge is -2.26. The van der Waals surface area contributed by atoms with Crippen molar-refractivity contribution in [2.75, 3.05) is 28.8 Å². The lowest BCUT2D eigenvalue weighted by molar-refractivity contribution is -0.119. The second-order valence-electron chi connectivity index (χ2n) is 8.66. The van der Waals surface area contributed by atoms with Gasteiger partial charge in [0, 0.05) is 25.3 Å². The van der Waals surface area contributed by atoms with E-state index < -0.39 is 10.0 Å². The molecule has 0 aliphatic carbocycles. The van der Waals surface area contributed by atoms with E-state index in [9.17, 15) is 13.2 Å². The molecule has 0 saturated carbocycles. The summed E-state index contributed by atoms with van der Waals surface area (Å²) in [6, 6.07) is 20.2. The highest BCUT2D eigenvalue weighted by Crippen LogP contribution is 2.28. The van der Waals surface area contributed by atoms with Gasteiger partial charge in [-0.05, 0) is 81.6 Å².